The van der Waals surface area contributed by atoms with Crippen LogP contribution in [-0.4, -0.2) is 45.7 Å². The molecule has 1 fully saturated rings. The van der Waals surface area contributed by atoms with Gasteiger partial charge in [0.1, 0.15) is 6.04 Å². The first-order chi connectivity index (χ1) is 17.2. The number of H-pyrrole nitrogens is 1. The van der Waals surface area contributed by atoms with Crippen LogP contribution in [0.5, 0.6) is 0 Å². The van der Waals surface area contributed by atoms with Crippen LogP contribution in [0.3, 0.4) is 0 Å². The molecule has 178 valence electrons. The Kier molecular flexibility index (Phi) is 5.56. The predicted octanol–water partition coefficient (Wildman–Crippen LogP) is 5.59. The Balaban J connectivity index is 1.48. The van der Waals surface area contributed by atoms with Crippen LogP contribution in [0.1, 0.15) is 55.5 Å². The van der Waals surface area contributed by atoms with Crippen molar-refractivity contribution in [3.63, 3.8) is 0 Å². The van der Waals surface area contributed by atoms with Gasteiger partial charge in [0.2, 0.25) is 11.8 Å². The first kappa shape index (κ1) is 21.9. The minimum absolute atomic E-state index is 0.0346. The molecule has 6 rings (SSSR count). The maximum atomic E-state index is 13.8. The summed E-state index contributed by atoms with van der Waals surface area (Å²) in [6.45, 7) is 3.01. The summed E-state index contributed by atoms with van der Waals surface area (Å²) in [6, 6.07) is 22.1. The van der Waals surface area contributed by atoms with Gasteiger partial charge in [-0.15, -0.1) is 0 Å². The van der Waals surface area contributed by atoms with Crippen molar-refractivity contribution in [2.24, 2.45) is 0 Å². The summed E-state index contributed by atoms with van der Waals surface area (Å²) in [5.74, 6) is 0.120. The van der Waals surface area contributed by atoms with Gasteiger partial charge >= 0.3 is 0 Å². The van der Waals surface area contributed by atoms with Gasteiger partial charge < -0.3 is 14.8 Å². The lowest BCUT2D eigenvalue weighted by Gasteiger charge is -2.47. The lowest BCUT2D eigenvalue weighted by atomic mass is 9.84. The number of para-hydroxylation sites is 1. The highest BCUT2D eigenvalue weighted by atomic mass is 16.2. The Morgan fingerprint density at radius 3 is 2.51 bits per heavy atom. The third-order valence-corrected chi connectivity index (χ3v) is 7.74. The van der Waals surface area contributed by atoms with E-state index >= 15 is 0 Å². The second-order valence-electron chi connectivity index (χ2n) is 9.88. The van der Waals surface area contributed by atoms with Crippen molar-refractivity contribution in [2.45, 2.75) is 51.1 Å². The Labute approximate surface area is 205 Å². The molecule has 0 aliphatic carbocycles. The van der Waals surface area contributed by atoms with Crippen LogP contribution in [0.15, 0.2) is 66.7 Å². The van der Waals surface area contributed by atoms with Gasteiger partial charge in [0.15, 0.2) is 0 Å². The van der Waals surface area contributed by atoms with Crippen LogP contribution in [-0.2, 0) is 16.0 Å². The fraction of sp³-hybridized carbons (Fsp3) is 0.333. The third-order valence-electron chi connectivity index (χ3n) is 7.74. The zero-order valence-corrected chi connectivity index (χ0v) is 20.2. The van der Waals surface area contributed by atoms with Crippen molar-refractivity contribution in [3.05, 3.63) is 83.6 Å². The Bertz CT molecular complexity index is 1420. The number of piperazine rings is 1. The van der Waals surface area contributed by atoms with Crippen LogP contribution in [0, 0.1) is 0 Å². The summed E-state index contributed by atoms with van der Waals surface area (Å²) in [5.41, 5.74) is 4.32. The zero-order chi connectivity index (χ0) is 23.9. The third kappa shape index (κ3) is 3.61. The molecule has 0 saturated carbocycles. The van der Waals surface area contributed by atoms with Crippen molar-refractivity contribution in [1.82, 2.24) is 14.8 Å². The van der Waals surface area contributed by atoms with Crippen molar-refractivity contribution in [1.29, 1.82) is 0 Å². The molecule has 35 heavy (non-hydrogen) atoms. The van der Waals surface area contributed by atoms with E-state index in [0.29, 0.717) is 13.0 Å². The zero-order valence-electron chi connectivity index (χ0n) is 20.2. The van der Waals surface area contributed by atoms with E-state index < -0.39 is 6.04 Å². The highest BCUT2D eigenvalue weighted by Crippen LogP contribution is 2.44. The summed E-state index contributed by atoms with van der Waals surface area (Å²) >= 11 is 0. The predicted molar refractivity (Wildman–Crippen MR) is 139 cm³/mol. The fourth-order valence-electron chi connectivity index (χ4n) is 6.06. The Morgan fingerprint density at radius 1 is 0.886 bits per heavy atom. The van der Waals surface area contributed by atoms with Crippen LogP contribution in [0.25, 0.3) is 21.7 Å². The van der Waals surface area contributed by atoms with Crippen molar-refractivity contribution < 1.29 is 9.59 Å². The Morgan fingerprint density at radius 2 is 1.66 bits per heavy atom. The van der Waals surface area contributed by atoms with Crippen LogP contribution in [0.4, 0.5) is 0 Å². The highest BCUT2D eigenvalue weighted by Gasteiger charge is 2.48. The van der Waals surface area contributed by atoms with E-state index in [4.69, 9.17) is 0 Å². The first-order valence-electron chi connectivity index (χ1n) is 12.8. The van der Waals surface area contributed by atoms with Gasteiger partial charge in [0, 0.05) is 29.6 Å². The van der Waals surface area contributed by atoms with Gasteiger partial charge in [-0.1, -0.05) is 86.8 Å². The van der Waals surface area contributed by atoms with E-state index in [-0.39, 0.29) is 24.4 Å². The molecule has 0 radical (unpaired) electrons. The number of nitrogens with zero attached hydrogens (tertiary/aromatic N) is 2. The van der Waals surface area contributed by atoms with E-state index in [1.165, 1.54) is 0 Å². The standard InChI is InChI=1S/C30H31N3O2/c1-2-3-4-9-17-32-19-27(34)33-26(30(32)35)18-24-22-14-7-8-16-25(22)31-28(24)29(33)23-15-10-12-20-11-5-6-13-21(20)23/h5-8,10-16,26,29,31H,2-4,9,17-19H2,1H3/t26-,29?/m0/s1. The van der Waals surface area contributed by atoms with Gasteiger partial charge in [0.05, 0.1) is 12.6 Å². The molecule has 1 saturated heterocycles. The molecule has 3 aromatic carbocycles. The number of hydrogen-bond acceptors (Lipinski definition) is 2. The average molecular weight is 466 g/mol. The molecular weight excluding hydrogens is 434 g/mol. The Hall–Kier alpha value is -3.60. The second-order valence-corrected chi connectivity index (χ2v) is 9.88. The number of hydrogen-bond donors (Lipinski definition) is 1. The van der Waals surface area contributed by atoms with Crippen molar-refractivity contribution in [3.8, 4) is 0 Å². The van der Waals surface area contributed by atoms with Crippen LogP contribution in [0.2, 0.25) is 0 Å². The van der Waals surface area contributed by atoms with Crippen LogP contribution >= 0.6 is 0 Å². The smallest absolute Gasteiger partial charge is 0.246 e. The summed E-state index contributed by atoms with van der Waals surface area (Å²) in [6.07, 6.45) is 4.90. The summed E-state index contributed by atoms with van der Waals surface area (Å²) in [7, 11) is 0. The quantitative estimate of drug-likeness (QED) is 0.378. The van der Waals surface area contributed by atoms with Crippen LogP contribution < -0.4 is 0 Å². The number of rotatable bonds is 6. The molecular formula is C30H31N3O2. The van der Waals surface area contributed by atoms with Gasteiger partial charge in [-0.25, -0.2) is 0 Å². The number of aromatic amines is 1. The summed E-state index contributed by atoms with van der Waals surface area (Å²) in [4.78, 5) is 34.9. The summed E-state index contributed by atoms with van der Waals surface area (Å²) in [5, 5.41) is 3.40. The van der Waals surface area contributed by atoms with Crippen molar-refractivity contribution in [2.75, 3.05) is 13.1 Å². The topological polar surface area (TPSA) is 56.4 Å². The number of carbonyl (C=O) groups is 2. The number of amides is 2. The molecule has 1 unspecified atom stereocenters. The normalized spacial score (nSPS) is 19.9. The molecule has 2 atom stereocenters. The van der Waals surface area contributed by atoms with Gasteiger partial charge in [-0.05, 0) is 34.4 Å². The van der Waals surface area contributed by atoms with Gasteiger partial charge in [-0.2, -0.15) is 0 Å². The monoisotopic (exact) mass is 465 g/mol. The first-order valence-corrected chi connectivity index (χ1v) is 12.8. The van der Waals surface area contributed by atoms with Gasteiger partial charge in [-0.3, -0.25) is 9.59 Å². The summed E-state index contributed by atoms with van der Waals surface area (Å²) < 4.78 is 0. The molecule has 5 nitrogen and oxygen atoms in total. The lowest BCUT2D eigenvalue weighted by Crippen LogP contribution is -2.63. The van der Waals surface area contributed by atoms with E-state index in [1.807, 2.05) is 29.2 Å². The lowest BCUT2D eigenvalue weighted by molar-refractivity contribution is -0.158. The largest absolute Gasteiger partial charge is 0.356 e. The molecule has 0 bridgehead atoms. The fourth-order valence-corrected chi connectivity index (χ4v) is 6.06. The number of nitrogens with one attached hydrogen (secondary N) is 1. The number of unbranched alkanes of at least 4 members (excludes halogenated alkanes) is 3. The molecule has 2 aliphatic rings. The highest BCUT2D eigenvalue weighted by molar-refractivity contribution is 5.98. The SMILES string of the molecule is CCCCCCN1CC(=O)N2C(c3cccc4ccccc34)c3[nH]c4ccccc4c3C[C@H]2C1=O. The minimum atomic E-state index is -0.474. The molecule has 1 N–H and O–H groups in total. The van der Waals surface area contributed by atoms with Crippen molar-refractivity contribution >= 4 is 33.5 Å². The minimum Gasteiger partial charge on any atom is -0.356 e. The van der Waals surface area contributed by atoms with E-state index in [9.17, 15) is 9.59 Å². The van der Waals surface area contributed by atoms with E-state index in [1.54, 1.807) is 4.90 Å². The second kappa shape index (κ2) is 8.88. The molecule has 2 aliphatic heterocycles. The number of carbonyl (C=O) groups excluding carboxylic acids is 2. The van der Waals surface area contributed by atoms with E-state index in [0.717, 1.165) is 64.2 Å². The van der Waals surface area contributed by atoms with Gasteiger partial charge in [0.25, 0.3) is 0 Å². The molecule has 5 heteroatoms. The maximum Gasteiger partial charge on any atom is 0.246 e. The molecule has 0 spiro atoms. The maximum absolute atomic E-state index is 13.8. The number of fused-ring (bicyclic) bond motifs is 5. The number of aromatic nitrogens is 1. The molecule has 3 heterocycles. The molecule has 4 aromatic rings. The average Bonchev–Trinajstić information content (AvgIpc) is 3.26. The molecule has 1 aromatic heterocycles. The van der Waals surface area contributed by atoms with E-state index in [2.05, 4.69) is 54.4 Å². The molecule has 2 amide bonds. The number of benzene rings is 3.